The number of aryl methyl sites for hydroxylation is 1. The normalized spacial score (nSPS) is 17.1. The van der Waals surface area contributed by atoms with Crippen LogP contribution in [0.2, 0.25) is 0 Å². The molecule has 0 radical (unpaired) electrons. The lowest BCUT2D eigenvalue weighted by atomic mass is 10.1. The van der Waals surface area contributed by atoms with Crippen molar-refractivity contribution in [1.82, 2.24) is 9.47 Å². The Morgan fingerprint density at radius 1 is 1.29 bits per heavy atom. The minimum absolute atomic E-state index is 0.123. The molecule has 0 saturated carbocycles. The monoisotopic (exact) mass is 192 g/mol. The Labute approximate surface area is 84.3 Å². The molecule has 0 aromatic carbocycles. The molecule has 0 atom stereocenters. The molecule has 1 amide bonds. The second kappa shape index (κ2) is 3.86. The Balaban J connectivity index is 2.07. The third-order valence-electron chi connectivity index (χ3n) is 2.69. The van der Waals surface area contributed by atoms with Crippen molar-refractivity contribution in [3.05, 3.63) is 24.0 Å². The zero-order chi connectivity index (χ0) is 9.97. The third-order valence-corrected chi connectivity index (χ3v) is 2.69. The van der Waals surface area contributed by atoms with E-state index in [2.05, 4.69) is 0 Å². The summed E-state index contributed by atoms with van der Waals surface area (Å²) in [6.07, 6.45) is 7.27. The number of nitrogens with zero attached hydrogens (tertiary/aromatic N) is 2. The fraction of sp³-hybridized carbons (Fsp3) is 0.545. The summed E-state index contributed by atoms with van der Waals surface area (Å²) in [7, 11) is 0. The van der Waals surface area contributed by atoms with Gasteiger partial charge in [-0.3, -0.25) is 4.57 Å². The summed E-state index contributed by atoms with van der Waals surface area (Å²) in [4.78, 5) is 13.8. The number of carbonyl (C=O) groups excluding carboxylic acids is 1. The lowest BCUT2D eigenvalue weighted by Crippen LogP contribution is -2.37. The van der Waals surface area contributed by atoms with Gasteiger partial charge in [-0.2, -0.15) is 0 Å². The number of hydrogen-bond acceptors (Lipinski definition) is 1. The Bertz CT molecular complexity index is 324. The van der Waals surface area contributed by atoms with E-state index in [1.807, 2.05) is 30.3 Å². The Kier molecular flexibility index (Phi) is 2.57. The highest BCUT2D eigenvalue weighted by molar-refractivity contribution is 5.77. The molecule has 2 rings (SSSR count). The zero-order valence-corrected chi connectivity index (χ0v) is 8.57. The summed E-state index contributed by atoms with van der Waals surface area (Å²) in [5, 5.41) is 0. The van der Waals surface area contributed by atoms with Gasteiger partial charge in [-0.15, -0.1) is 0 Å². The zero-order valence-electron chi connectivity index (χ0n) is 8.57. The maximum absolute atomic E-state index is 11.9. The average Bonchev–Trinajstić information content (AvgIpc) is 2.65. The number of aromatic nitrogens is 1. The molecule has 1 saturated heterocycles. The van der Waals surface area contributed by atoms with Crippen molar-refractivity contribution in [2.24, 2.45) is 0 Å². The lowest BCUT2D eigenvalue weighted by molar-refractivity contribution is 0.188. The van der Waals surface area contributed by atoms with Gasteiger partial charge in [-0.25, -0.2) is 4.79 Å². The van der Waals surface area contributed by atoms with E-state index in [1.165, 1.54) is 6.42 Å². The summed E-state index contributed by atoms with van der Waals surface area (Å²) in [5.41, 5.74) is 1.13. The van der Waals surface area contributed by atoms with Crippen LogP contribution in [0.4, 0.5) is 4.79 Å². The van der Waals surface area contributed by atoms with E-state index < -0.39 is 0 Å². The van der Waals surface area contributed by atoms with Gasteiger partial charge in [0.15, 0.2) is 0 Å². The van der Waals surface area contributed by atoms with Gasteiger partial charge in [0.2, 0.25) is 0 Å². The van der Waals surface area contributed by atoms with Crippen molar-refractivity contribution < 1.29 is 4.79 Å². The van der Waals surface area contributed by atoms with Gasteiger partial charge in [0.25, 0.3) is 0 Å². The molecule has 1 fully saturated rings. The van der Waals surface area contributed by atoms with Gasteiger partial charge in [-0.05, 0) is 37.8 Å². The minimum atomic E-state index is 0.123. The standard InChI is InChI=1S/C11H16N2O/c1-10-5-8-13(9-10)11(14)12-6-3-2-4-7-12/h5,8-9H,2-4,6-7H2,1H3. The summed E-state index contributed by atoms with van der Waals surface area (Å²) in [6, 6.07) is 2.08. The molecule has 1 aromatic heterocycles. The summed E-state index contributed by atoms with van der Waals surface area (Å²) in [5.74, 6) is 0. The Morgan fingerprint density at radius 2 is 2.00 bits per heavy atom. The Hall–Kier alpha value is -1.25. The summed E-state index contributed by atoms with van der Waals surface area (Å²) in [6.45, 7) is 3.83. The van der Waals surface area contributed by atoms with E-state index in [9.17, 15) is 4.79 Å². The number of carbonyl (C=O) groups is 1. The van der Waals surface area contributed by atoms with E-state index in [0.29, 0.717) is 0 Å². The van der Waals surface area contributed by atoms with Gasteiger partial charge >= 0.3 is 6.03 Å². The molecule has 2 heterocycles. The van der Waals surface area contributed by atoms with E-state index in [4.69, 9.17) is 0 Å². The van der Waals surface area contributed by atoms with Gasteiger partial charge < -0.3 is 4.90 Å². The highest BCUT2D eigenvalue weighted by atomic mass is 16.2. The van der Waals surface area contributed by atoms with Gasteiger partial charge in [0, 0.05) is 25.5 Å². The Morgan fingerprint density at radius 3 is 2.57 bits per heavy atom. The topological polar surface area (TPSA) is 25.2 Å². The van der Waals surface area contributed by atoms with Crippen LogP contribution in [0.25, 0.3) is 0 Å². The third kappa shape index (κ3) is 1.81. The molecule has 0 spiro atoms. The lowest BCUT2D eigenvalue weighted by Gasteiger charge is -2.26. The largest absolute Gasteiger partial charge is 0.328 e. The summed E-state index contributed by atoms with van der Waals surface area (Å²) < 4.78 is 1.68. The van der Waals surface area contributed by atoms with Crippen molar-refractivity contribution in [3.63, 3.8) is 0 Å². The highest BCUT2D eigenvalue weighted by Gasteiger charge is 2.17. The van der Waals surface area contributed by atoms with Crippen LogP contribution in [-0.2, 0) is 0 Å². The van der Waals surface area contributed by atoms with Crippen LogP contribution in [0, 0.1) is 6.92 Å². The molecule has 3 heteroatoms. The minimum Gasteiger partial charge on any atom is -0.324 e. The van der Waals surface area contributed by atoms with Crippen molar-refractivity contribution in [2.45, 2.75) is 26.2 Å². The van der Waals surface area contributed by atoms with Crippen LogP contribution in [0.1, 0.15) is 24.8 Å². The molecule has 76 valence electrons. The quantitative estimate of drug-likeness (QED) is 0.619. The molecule has 14 heavy (non-hydrogen) atoms. The smallest absolute Gasteiger partial charge is 0.324 e. The molecular weight excluding hydrogens is 176 g/mol. The number of rotatable bonds is 0. The molecular formula is C11H16N2O. The maximum Gasteiger partial charge on any atom is 0.328 e. The first-order valence-corrected chi connectivity index (χ1v) is 5.21. The fourth-order valence-electron chi connectivity index (χ4n) is 1.87. The van der Waals surface area contributed by atoms with E-state index in [-0.39, 0.29) is 6.03 Å². The predicted octanol–water partition coefficient (Wildman–Crippen LogP) is 2.25. The molecule has 0 unspecified atom stereocenters. The molecule has 0 bridgehead atoms. The first-order chi connectivity index (χ1) is 6.77. The van der Waals surface area contributed by atoms with Gasteiger partial charge in [-0.1, -0.05) is 0 Å². The fourth-order valence-corrected chi connectivity index (χ4v) is 1.87. The molecule has 1 aliphatic rings. The molecule has 1 aliphatic heterocycles. The number of piperidine rings is 1. The SMILES string of the molecule is Cc1ccn(C(=O)N2CCCCC2)c1. The first kappa shape index (κ1) is 9.31. The van der Waals surface area contributed by atoms with Gasteiger partial charge in [0.05, 0.1) is 0 Å². The van der Waals surface area contributed by atoms with Crippen LogP contribution in [0.3, 0.4) is 0 Å². The predicted molar refractivity (Wildman–Crippen MR) is 55.4 cm³/mol. The van der Waals surface area contributed by atoms with Crippen molar-refractivity contribution >= 4 is 6.03 Å². The molecule has 1 aromatic rings. The second-order valence-corrected chi connectivity index (χ2v) is 3.93. The van der Waals surface area contributed by atoms with Crippen molar-refractivity contribution in [1.29, 1.82) is 0 Å². The number of amides is 1. The van der Waals surface area contributed by atoms with E-state index in [1.54, 1.807) is 4.57 Å². The van der Waals surface area contributed by atoms with Gasteiger partial charge in [0.1, 0.15) is 0 Å². The number of hydrogen-bond donors (Lipinski definition) is 0. The van der Waals surface area contributed by atoms with Crippen LogP contribution in [0.15, 0.2) is 18.5 Å². The van der Waals surface area contributed by atoms with Crippen LogP contribution >= 0.6 is 0 Å². The van der Waals surface area contributed by atoms with Crippen molar-refractivity contribution in [3.8, 4) is 0 Å². The summed E-state index contributed by atoms with van der Waals surface area (Å²) >= 11 is 0. The van der Waals surface area contributed by atoms with Crippen molar-refractivity contribution in [2.75, 3.05) is 13.1 Å². The van der Waals surface area contributed by atoms with Crippen LogP contribution in [0.5, 0.6) is 0 Å². The number of likely N-dealkylation sites (tertiary alicyclic amines) is 1. The molecule has 0 N–H and O–H groups in total. The maximum atomic E-state index is 11.9. The first-order valence-electron chi connectivity index (χ1n) is 5.21. The van der Waals surface area contributed by atoms with Crippen LogP contribution < -0.4 is 0 Å². The van der Waals surface area contributed by atoms with Crippen LogP contribution in [-0.4, -0.2) is 28.6 Å². The second-order valence-electron chi connectivity index (χ2n) is 3.93. The van der Waals surface area contributed by atoms with E-state index in [0.717, 1.165) is 31.5 Å². The highest BCUT2D eigenvalue weighted by Crippen LogP contribution is 2.11. The molecule has 3 nitrogen and oxygen atoms in total. The average molecular weight is 192 g/mol. The molecule has 0 aliphatic carbocycles. The van der Waals surface area contributed by atoms with E-state index >= 15 is 0 Å².